The third kappa shape index (κ3) is 2.85. The molecule has 0 spiro atoms. The predicted octanol–water partition coefficient (Wildman–Crippen LogP) is 1.02. The zero-order chi connectivity index (χ0) is 13.9. The average molecular weight is 249 g/mol. The van der Waals surface area contributed by atoms with Gasteiger partial charge in [0.05, 0.1) is 0 Å². The SMILES string of the molecule is Cc1ccc(C(=O)N[C@@](C)(C(N)=O)C(C)C)nc1. The molecular weight excluding hydrogens is 230 g/mol. The Labute approximate surface area is 107 Å². The monoisotopic (exact) mass is 249 g/mol. The van der Waals surface area contributed by atoms with Crippen molar-refractivity contribution in [1.29, 1.82) is 0 Å². The highest BCUT2D eigenvalue weighted by Gasteiger charge is 2.36. The highest BCUT2D eigenvalue weighted by Crippen LogP contribution is 2.16. The molecule has 0 radical (unpaired) electrons. The average Bonchev–Trinajstić information content (AvgIpc) is 2.29. The second-order valence-electron chi connectivity index (χ2n) is 4.90. The third-order valence-corrected chi connectivity index (χ3v) is 3.18. The Hall–Kier alpha value is -1.91. The zero-order valence-electron chi connectivity index (χ0n) is 11.2. The number of rotatable bonds is 4. The van der Waals surface area contributed by atoms with Crippen LogP contribution in [0.3, 0.4) is 0 Å². The second-order valence-corrected chi connectivity index (χ2v) is 4.90. The summed E-state index contributed by atoms with van der Waals surface area (Å²) >= 11 is 0. The normalized spacial score (nSPS) is 14.1. The molecule has 1 heterocycles. The van der Waals surface area contributed by atoms with Crippen molar-refractivity contribution < 1.29 is 9.59 Å². The fourth-order valence-corrected chi connectivity index (χ4v) is 1.39. The van der Waals surface area contributed by atoms with Crippen molar-refractivity contribution in [2.24, 2.45) is 11.7 Å². The predicted molar refractivity (Wildman–Crippen MR) is 68.9 cm³/mol. The lowest BCUT2D eigenvalue weighted by atomic mass is 9.87. The first kappa shape index (κ1) is 14.2. The summed E-state index contributed by atoms with van der Waals surface area (Å²) in [7, 11) is 0. The molecule has 0 saturated carbocycles. The molecule has 18 heavy (non-hydrogen) atoms. The van der Waals surface area contributed by atoms with E-state index in [-0.39, 0.29) is 11.6 Å². The first-order valence-electron chi connectivity index (χ1n) is 5.82. The Kier molecular flexibility index (Phi) is 4.06. The molecule has 1 aromatic rings. The van der Waals surface area contributed by atoms with Crippen LogP contribution in [0.25, 0.3) is 0 Å². The van der Waals surface area contributed by atoms with E-state index < -0.39 is 17.4 Å². The topological polar surface area (TPSA) is 85.1 Å². The first-order chi connectivity index (χ1) is 8.27. The molecule has 1 rings (SSSR count). The highest BCUT2D eigenvalue weighted by molar-refractivity contribution is 5.97. The molecule has 98 valence electrons. The fraction of sp³-hybridized carbons (Fsp3) is 0.462. The van der Waals surface area contributed by atoms with Crippen LogP contribution in [0, 0.1) is 12.8 Å². The molecule has 0 aliphatic rings. The summed E-state index contributed by atoms with van der Waals surface area (Å²) in [4.78, 5) is 27.5. The number of nitrogens with zero attached hydrogens (tertiary/aromatic N) is 1. The van der Waals surface area contributed by atoms with E-state index >= 15 is 0 Å². The molecular formula is C13H19N3O2. The van der Waals surface area contributed by atoms with Gasteiger partial charge in [0.1, 0.15) is 11.2 Å². The number of carbonyl (C=O) groups excluding carboxylic acids is 2. The fourth-order valence-electron chi connectivity index (χ4n) is 1.39. The minimum absolute atomic E-state index is 0.107. The van der Waals surface area contributed by atoms with Gasteiger partial charge >= 0.3 is 0 Å². The summed E-state index contributed by atoms with van der Waals surface area (Å²) in [5.74, 6) is -1.06. The Balaban J connectivity index is 2.92. The van der Waals surface area contributed by atoms with Gasteiger partial charge in [0.25, 0.3) is 5.91 Å². The number of primary amides is 1. The zero-order valence-corrected chi connectivity index (χ0v) is 11.2. The van der Waals surface area contributed by atoms with E-state index in [0.29, 0.717) is 0 Å². The number of pyridine rings is 1. The number of carbonyl (C=O) groups is 2. The Morgan fingerprint density at radius 2 is 2.00 bits per heavy atom. The van der Waals surface area contributed by atoms with Gasteiger partial charge in [0.2, 0.25) is 5.91 Å². The number of aryl methyl sites for hydroxylation is 1. The van der Waals surface area contributed by atoms with Crippen LogP contribution in [0.4, 0.5) is 0 Å². The lowest BCUT2D eigenvalue weighted by Gasteiger charge is -2.31. The summed E-state index contributed by atoms with van der Waals surface area (Å²) in [6, 6.07) is 3.41. The Bertz CT molecular complexity index is 454. The van der Waals surface area contributed by atoms with E-state index in [4.69, 9.17) is 5.73 Å². The lowest BCUT2D eigenvalue weighted by Crippen LogP contribution is -2.58. The van der Waals surface area contributed by atoms with Crippen molar-refractivity contribution in [3.8, 4) is 0 Å². The summed E-state index contributed by atoms with van der Waals surface area (Å²) in [6.45, 7) is 7.16. The molecule has 0 saturated heterocycles. The molecule has 0 fully saturated rings. The number of amides is 2. The molecule has 1 atom stereocenters. The molecule has 3 N–H and O–H groups in total. The van der Waals surface area contributed by atoms with E-state index in [1.165, 1.54) is 0 Å². The van der Waals surface area contributed by atoms with Crippen LogP contribution in [-0.4, -0.2) is 22.3 Å². The molecule has 0 aromatic carbocycles. The summed E-state index contributed by atoms with van der Waals surface area (Å²) < 4.78 is 0. The van der Waals surface area contributed by atoms with Crippen LogP contribution in [0.2, 0.25) is 0 Å². The van der Waals surface area contributed by atoms with E-state index in [0.717, 1.165) is 5.56 Å². The van der Waals surface area contributed by atoms with Crippen LogP contribution in [-0.2, 0) is 4.79 Å². The molecule has 0 unspecified atom stereocenters. The van der Waals surface area contributed by atoms with Crippen molar-refractivity contribution >= 4 is 11.8 Å². The molecule has 0 aliphatic carbocycles. The van der Waals surface area contributed by atoms with Gasteiger partial charge in [-0.05, 0) is 31.4 Å². The number of hydrogen-bond acceptors (Lipinski definition) is 3. The molecule has 5 heteroatoms. The van der Waals surface area contributed by atoms with Crippen molar-refractivity contribution in [2.75, 3.05) is 0 Å². The van der Waals surface area contributed by atoms with Gasteiger partial charge in [0.15, 0.2) is 0 Å². The smallest absolute Gasteiger partial charge is 0.270 e. The van der Waals surface area contributed by atoms with Gasteiger partial charge in [0, 0.05) is 6.20 Å². The van der Waals surface area contributed by atoms with Crippen LogP contribution in [0.5, 0.6) is 0 Å². The molecule has 2 amide bonds. The second kappa shape index (κ2) is 5.16. The molecule has 5 nitrogen and oxygen atoms in total. The number of nitrogens with one attached hydrogen (secondary N) is 1. The Morgan fingerprint density at radius 3 is 2.39 bits per heavy atom. The maximum absolute atomic E-state index is 12.0. The van der Waals surface area contributed by atoms with E-state index in [9.17, 15) is 9.59 Å². The standard InChI is InChI=1S/C13H19N3O2/c1-8(2)13(4,12(14)18)16-11(17)10-6-5-9(3)7-15-10/h5-8H,1-4H3,(H2,14,18)(H,16,17)/t13-/m1/s1. The van der Waals surface area contributed by atoms with E-state index in [2.05, 4.69) is 10.3 Å². The van der Waals surface area contributed by atoms with Crippen LogP contribution >= 0.6 is 0 Å². The van der Waals surface area contributed by atoms with E-state index in [1.807, 2.05) is 20.8 Å². The van der Waals surface area contributed by atoms with Crippen molar-refractivity contribution in [3.63, 3.8) is 0 Å². The van der Waals surface area contributed by atoms with Gasteiger partial charge in [-0.2, -0.15) is 0 Å². The van der Waals surface area contributed by atoms with E-state index in [1.54, 1.807) is 25.3 Å². The van der Waals surface area contributed by atoms with Crippen molar-refractivity contribution in [1.82, 2.24) is 10.3 Å². The molecule has 0 bridgehead atoms. The minimum Gasteiger partial charge on any atom is -0.368 e. The summed E-state index contributed by atoms with van der Waals surface area (Å²) in [5.41, 5.74) is 5.51. The maximum atomic E-state index is 12.0. The number of hydrogen-bond donors (Lipinski definition) is 2. The highest BCUT2D eigenvalue weighted by atomic mass is 16.2. The number of nitrogens with two attached hydrogens (primary N) is 1. The molecule has 1 aromatic heterocycles. The minimum atomic E-state index is -1.08. The summed E-state index contributed by atoms with van der Waals surface area (Å²) in [6.07, 6.45) is 1.60. The largest absolute Gasteiger partial charge is 0.368 e. The van der Waals surface area contributed by atoms with Gasteiger partial charge in [-0.15, -0.1) is 0 Å². The van der Waals surface area contributed by atoms with Gasteiger partial charge < -0.3 is 11.1 Å². The van der Waals surface area contributed by atoms with Crippen molar-refractivity contribution in [3.05, 3.63) is 29.6 Å². The van der Waals surface area contributed by atoms with Gasteiger partial charge in [-0.1, -0.05) is 19.9 Å². The van der Waals surface area contributed by atoms with Crippen LogP contribution in [0.15, 0.2) is 18.3 Å². The molecule has 0 aliphatic heterocycles. The van der Waals surface area contributed by atoms with Crippen molar-refractivity contribution in [2.45, 2.75) is 33.2 Å². The van der Waals surface area contributed by atoms with Gasteiger partial charge in [-0.25, -0.2) is 0 Å². The van der Waals surface area contributed by atoms with Crippen LogP contribution < -0.4 is 11.1 Å². The van der Waals surface area contributed by atoms with Crippen LogP contribution in [0.1, 0.15) is 36.8 Å². The summed E-state index contributed by atoms with van der Waals surface area (Å²) in [5, 5.41) is 2.65. The van der Waals surface area contributed by atoms with Gasteiger partial charge in [-0.3, -0.25) is 14.6 Å². The number of aromatic nitrogens is 1. The Morgan fingerprint density at radius 1 is 1.39 bits per heavy atom. The lowest BCUT2D eigenvalue weighted by molar-refractivity contribution is -0.125. The quantitative estimate of drug-likeness (QED) is 0.835. The third-order valence-electron chi connectivity index (χ3n) is 3.18. The first-order valence-corrected chi connectivity index (χ1v) is 5.82. The maximum Gasteiger partial charge on any atom is 0.270 e.